The minimum absolute atomic E-state index is 0.824. The molecule has 13 heavy (non-hydrogen) atoms. The van der Waals surface area contributed by atoms with E-state index in [1.165, 1.54) is 28.9 Å². The molecule has 1 aromatic heterocycles. The smallest absolute Gasteiger partial charge is 0.0733 e. The molecule has 2 unspecified atom stereocenters. The van der Waals surface area contributed by atoms with Crippen LogP contribution in [0.25, 0.3) is 0 Å². The zero-order chi connectivity index (χ0) is 9.00. The summed E-state index contributed by atoms with van der Waals surface area (Å²) in [6.45, 7) is 4.67. The standard InChI is InChI=1S/C10H12BrNS/c1-5-7-2-6-3-12-4-8(6)9(7)13-10(5)11/h6,8,12H,2-4H2,1H3. The highest BCUT2D eigenvalue weighted by Gasteiger charge is 2.38. The zero-order valence-corrected chi connectivity index (χ0v) is 9.96. The van der Waals surface area contributed by atoms with Crippen LogP contribution in [0, 0.1) is 12.8 Å². The fraction of sp³-hybridized carbons (Fsp3) is 0.600. The predicted octanol–water partition coefficient (Wildman–Crippen LogP) is 2.68. The van der Waals surface area contributed by atoms with Gasteiger partial charge < -0.3 is 5.32 Å². The molecule has 0 aromatic carbocycles. The molecule has 1 saturated heterocycles. The van der Waals surface area contributed by atoms with Gasteiger partial charge in [0.25, 0.3) is 0 Å². The van der Waals surface area contributed by atoms with E-state index in [0.29, 0.717) is 0 Å². The van der Waals surface area contributed by atoms with E-state index in [0.717, 1.165) is 11.8 Å². The first-order valence-electron chi connectivity index (χ1n) is 4.75. The summed E-state index contributed by atoms with van der Waals surface area (Å²) in [4.78, 5) is 1.65. The van der Waals surface area contributed by atoms with E-state index in [9.17, 15) is 0 Å². The van der Waals surface area contributed by atoms with E-state index in [4.69, 9.17) is 0 Å². The Kier molecular flexibility index (Phi) is 1.83. The fourth-order valence-corrected chi connectivity index (χ4v) is 4.63. The number of fused-ring (bicyclic) bond motifs is 3. The van der Waals surface area contributed by atoms with E-state index >= 15 is 0 Å². The Morgan fingerprint density at radius 2 is 2.31 bits per heavy atom. The first-order chi connectivity index (χ1) is 6.27. The molecule has 2 heterocycles. The Hall–Kier alpha value is 0.140. The van der Waals surface area contributed by atoms with Crippen LogP contribution in [-0.4, -0.2) is 13.1 Å². The number of rotatable bonds is 0. The van der Waals surface area contributed by atoms with Gasteiger partial charge in [-0.1, -0.05) is 0 Å². The van der Waals surface area contributed by atoms with Gasteiger partial charge in [-0.2, -0.15) is 0 Å². The van der Waals surface area contributed by atoms with Gasteiger partial charge in [-0.05, 0) is 52.9 Å². The van der Waals surface area contributed by atoms with Gasteiger partial charge >= 0.3 is 0 Å². The van der Waals surface area contributed by atoms with E-state index < -0.39 is 0 Å². The van der Waals surface area contributed by atoms with Crippen LogP contribution < -0.4 is 5.32 Å². The van der Waals surface area contributed by atoms with Gasteiger partial charge in [0.1, 0.15) is 0 Å². The average molecular weight is 258 g/mol. The minimum Gasteiger partial charge on any atom is -0.316 e. The fourth-order valence-electron chi connectivity index (χ4n) is 2.61. The molecule has 2 atom stereocenters. The third-order valence-corrected chi connectivity index (χ3v) is 5.72. The zero-order valence-electron chi connectivity index (χ0n) is 7.56. The Labute approximate surface area is 90.7 Å². The molecule has 0 bridgehead atoms. The highest BCUT2D eigenvalue weighted by Crippen LogP contribution is 2.48. The van der Waals surface area contributed by atoms with Gasteiger partial charge in [0.2, 0.25) is 0 Å². The molecular formula is C10H12BrNS. The van der Waals surface area contributed by atoms with Crippen molar-refractivity contribution in [2.45, 2.75) is 19.3 Å². The molecule has 1 N–H and O–H groups in total. The molecule has 70 valence electrons. The molecular weight excluding hydrogens is 246 g/mol. The molecule has 0 spiro atoms. The summed E-state index contributed by atoms with van der Waals surface area (Å²) in [5.74, 6) is 1.72. The number of halogens is 1. The summed E-state index contributed by atoms with van der Waals surface area (Å²) < 4.78 is 1.35. The summed E-state index contributed by atoms with van der Waals surface area (Å²) in [5.41, 5.74) is 3.14. The second kappa shape index (κ2) is 2.81. The molecule has 1 fully saturated rings. The van der Waals surface area contributed by atoms with Crippen molar-refractivity contribution in [2.75, 3.05) is 13.1 Å². The number of nitrogens with one attached hydrogen (secondary N) is 1. The molecule has 1 aliphatic heterocycles. The highest BCUT2D eigenvalue weighted by molar-refractivity contribution is 9.11. The largest absolute Gasteiger partial charge is 0.316 e. The lowest BCUT2D eigenvalue weighted by atomic mass is 10.0. The first-order valence-corrected chi connectivity index (χ1v) is 6.36. The van der Waals surface area contributed by atoms with Crippen LogP contribution in [0.5, 0.6) is 0 Å². The highest BCUT2D eigenvalue weighted by atomic mass is 79.9. The van der Waals surface area contributed by atoms with Crippen LogP contribution in [0.3, 0.4) is 0 Å². The molecule has 0 radical (unpaired) electrons. The maximum atomic E-state index is 3.64. The molecule has 3 heteroatoms. The maximum Gasteiger partial charge on any atom is 0.0733 e. The van der Waals surface area contributed by atoms with Crippen molar-refractivity contribution in [3.63, 3.8) is 0 Å². The van der Waals surface area contributed by atoms with E-state index in [-0.39, 0.29) is 0 Å². The lowest BCUT2D eigenvalue weighted by molar-refractivity contribution is 0.566. The van der Waals surface area contributed by atoms with Gasteiger partial charge in [-0.3, -0.25) is 0 Å². The summed E-state index contributed by atoms with van der Waals surface area (Å²) in [7, 11) is 0. The van der Waals surface area contributed by atoms with Crippen molar-refractivity contribution >= 4 is 27.3 Å². The van der Waals surface area contributed by atoms with Gasteiger partial charge in [0.05, 0.1) is 3.79 Å². The molecule has 1 aliphatic carbocycles. The Balaban J connectivity index is 2.11. The normalized spacial score (nSPS) is 30.6. The molecule has 3 rings (SSSR count). The first kappa shape index (κ1) is 8.45. The SMILES string of the molecule is Cc1c(Br)sc2c1CC1CNCC21. The Morgan fingerprint density at radius 3 is 3.15 bits per heavy atom. The van der Waals surface area contributed by atoms with Gasteiger partial charge in [0, 0.05) is 17.3 Å². The molecule has 1 aromatic rings. The minimum atomic E-state index is 0.824. The van der Waals surface area contributed by atoms with Crippen LogP contribution in [0.15, 0.2) is 3.79 Å². The van der Waals surface area contributed by atoms with Crippen LogP contribution >= 0.6 is 27.3 Å². The van der Waals surface area contributed by atoms with Gasteiger partial charge in [0.15, 0.2) is 0 Å². The van der Waals surface area contributed by atoms with E-state index in [2.05, 4.69) is 28.2 Å². The topological polar surface area (TPSA) is 12.0 Å². The maximum absolute atomic E-state index is 3.64. The summed E-state index contributed by atoms with van der Waals surface area (Å²) in [5, 5.41) is 3.49. The molecule has 1 nitrogen and oxygen atoms in total. The number of hydrogen-bond donors (Lipinski definition) is 1. The van der Waals surface area contributed by atoms with Crippen LogP contribution in [0.4, 0.5) is 0 Å². The van der Waals surface area contributed by atoms with Crippen molar-refractivity contribution in [3.8, 4) is 0 Å². The Bertz CT molecular complexity index is 358. The van der Waals surface area contributed by atoms with E-state index in [1.807, 2.05) is 11.3 Å². The second-order valence-corrected chi connectivity index (χ2v) is 6.44. The third kappa shape index (κ3) is 1.07. The van der Waals surface area contributed by atoms with Gasteiger partial charge in [-0.15, -0.1) is 11.3 Å². The molecule has 0 saturated carbocycles. The van der Waals surface area contributed by atoms with Crippen molar-refractivity contribution in [1.82, 2.24) is 5.32 Å². The summed E-state index contributed by atoms with van der Waals surface area (Å²) in [6.07, 6.45) is 1.31. The number of thiophene rings is 1. The summed E-state index contributed by atoms with van der Waals surface area (Å²) >= 11 is 5.59. The summed E-state index contributed by atoms with van der Waals surface area (Å²) in [6, 6.07) is 0. The van der Waals surface area contributed by atoms with Crippen LogP contribution in [-0.2, 0) is 6.42 Å². The van der Waals surface area contributed by atoms with Crippen LogP contribution in [0.1, 0.15) is 21.9 Å². The third-order valence-electron chi connectivity index (χ3n) is 3.39. The van der Waals surface area contributed by atoms with E-state index in [1.54, 1.807) is 10.4 Å². The molecule has 0 amide bonds. The Morgan fingerprint density at radius 1 is 1.46 bits per heavy atom. The lowest BCUT2D eigenvalue weighted by Crippen LogP contribution is -2.10. The van der Waals surface area contributed by atoms with Crippen LogP contribution in [0.2, 0.25) is 0 Å². The van der Waals surface area contributed by atoms with Crippen molar-refractivity contribution in [3.05, 3.63) is 19.8 Å². The average Bonchev–Trinajstić information content (AvgIpc) is 2.70. The number of hydrogen-bond acceptors (Lipinski definition) is 2. The lowest BCUT2D eigenvalue weighted by Gasteiger charge is -2.06. The quantitative estimate of drug-likeness (QED) is 0.754. The second-order valence-electron chi connectivity index (χ2n) is 4.07. The molecule has 2 aliphatic rings. The predicted molar refractivity (Wildman–Crippen MR) is 59.6 cm³/mol. The van der Waals surface area contributed by atoms with Gasteiger partial charge in [-0.25, -0.2) is 0 Å². The van der Waals surface area contributed by atoms with Crippen molar-refractivity contribution < 1.29 is 0 Å². The monoisotopic (exact) mass is 257 g/mol. The van der Waals surface area contributed by atoms with Crippen molar-refractivity contribution in [1.29, 1.82) is 0 Å². The van der Waals surface area contributed by atoms with Crippen molar-refractivity contribution in [2.24, 2.45) is 5.92 Å².